The maximum absolute atomic E-state index is 13.7. The third-order valence-electron chi connectivity index (χ3n) is 5.43. The molecule has 1 fully saturated rings. The number of nitrogens with zero attached hydrogens (tertiary/aromatic N) is 1. The van der Waals surface area contributed by atoms with Crippen molar-refractivity contribution in [2.75, 3.05) is 0 Å². The molecule has 4 unspecified atom stereocenters. The first-order valence-electron chi connectivity index (χ1n) is 10.3. The molecule has 0 radical (unpaired) electrons. The maximum Gasteiger partial charge on any atom is 0.303 e. The average molecular weight is 419 g/mol. The number of benzene rings is 1. The Labute approximate surface area is 176 Å². The van der Waals surface area contributed by atoms with Crippen LogP contribution >= 0.6 is 0 Å². The number of unbranched alkanes of at least 4 members (excludes halogenated alkanes) is 1. The minimum Gasteiger partial charge on any atom is -0.481 e. The van der Waals surface area contributed by atoms with Gasteiger partial charge in [-0.1, -0.05) is 47.7 Å². The smallest absolute Gasteiger partial charge is 0.303 e. The van der Waals surface area contributed by atoms with Crippen LogP contribution in [0.5, 0.6) is 0 Å². The molecule has 0 aromatic heterocycles. The monoisotopic (exact) mass is 419 g/mol. The van der Waals surface area contributed by atoms with Crippen molar-refractivity contribution in [3.8, 4) is 0 Å². The van der Waals surface area contributed by atoms with Gasteiger partial charge in [0.25, 0.3) is 0 Å². The van der Waals surface area contributed by atoms with Gasteiger partial charge in [0.15, 0.2) is 0 Å². The van der Waals surface area contributed by atoms with Crippen molar-refractivity contribution in [1.29, 1.82) is 0 Å². The van der Waals surface area contributed by atoms with Crippen molar-refractivity contribution < 1.29 is 29.7 Å². The first kappa shape index (κ1) is 23.8. The number of rotatable bonds is 11. The standard InChI is InChI=1S/C23H30FNO5/c24-20-9-6-5-7-16(20)11-12-17(26)13-14-18-19(22(27)15-21(18)25-30)8-3-1-2-4-10-23(28)29/h1,3,5-7,9,13-14,17-19,22,26-27,30H,2,4,8,10-12,15H2,(H,28,29)/b3-1+,14-13+,25-21-. The van der Waals surface area contributed by atoms with Gasteiger partial charge in [-0.05, 0) is 43.7 Å². The second-order valence-corrected chi connectivity index (χ2v) is 7.63. The highest BCUT2D eigenvalue weighted by Crippen LogP contribution is 2.34. The van der Waals surface area contributed by atoms with E-state index in [1.807, 2.05) is 12.2 Å². The van der Waals surface area contributed by atoms with Gasteiger partial charge in [0.1, 0.15) is 5.82 Å². The van der Waals surface area contributed by atoms with Crippen LogP contribution in [0.15, 0.2) is 53.7 Å². The summed E-state index contributed by atoms with van der Waals surface area (Å²) in [6.07, 6.45) is 8.60. The van der Waals surface area contributed by atoms with E-state index in [1.165, 1.54) is 6.07 Å². The zero-order valence-corrected chi connectivity index (χ0v) is 16.9. The van der Waals surface area contributed by atoms with Crippen molar-refractivity contribution in [2.24, 2.45) is 17.0 Å². The van der Waals surface area contributed by atoms with Gasteiger partial charge in [-0.2, -0.15) is 0 Å². The van der Waals surface area contributed by atoms with Crippen molar-refractivity contribution >= 4 is 11.7 Å². The van der Waals surface area contributed by atoms with Crippen LogP contribution in [-0.2, 0) is 11.2 Å². The Kier molecular flexibility index (Phi) is 9.70. The van der Waals surface area contributed by atoms with Gasteiger partial charge in [-0.25, -0.2) is 4.39 Å². The molecule has 30 heavy (non-hydrogen) atoms. The second kappa shape index (κ2) is 12.2. The maximum atomic E-state index is 13.7. The first-order chi connectivity index (χ1) is 14.4. The third kappa shape index (κ3) is 7.39. The molecular weight excluding hydrogens is 389 g/mol. The minimum absolute atomic E-state index is 0.119. The Bertz CT molecular complexity index is 777. The molecule has 0 heterocycles. The van der Waals surface area contributed by atoms with Crippen molar-refractivity contribution in [3.63, 3.8) is 0 Å². The van der Waals surface area contributed by atoms with Crippen LogP contribution < -0.4 is 0 Å². The lowest BCUT2D eigenvalue weighted by atomic mass is 9.89. The molecule has 4 N–H and O–H groups in total. The molecule has 1 aliphatic rings. The van der Waals surface area contributed by atoms with Crippen LogP contribution in [0.3, 0.4) is 0 Å². The molecule has 0 amide bonds. The van der Waals surface area contributed by atoms with E-state index in [4.69, 9.17) is 5.11 Å². The summed E-state index contributed by atoms with van der Waals surface area (Å²) in [4.78, 5) is 10.5. The Morgan fingerprint density at radius 2 is 2.07 bits per heavy atom. The molecule has 1 aromatic carbocycles. The number of aliphatic hydroxyl groups excluding tert-OH is 2. The fourth-order valence-corrected chi connectivity index (χ4v) is 3.74. The van der Waals surface area contributed by atoms with Crippen LogP contribution in [-0.4, -0.2) is 44.4 Å². The van der Waals surface area contributed by atoms with Crippen molar-refractivity contribution in [1.82, 2.24) is 0 Å². The predicted octanol–water partition coefficient (Wildman–Crippen LogP) is 3.70. The Morgan fingerprint density at radius 3 is 2.77 bits per heavy atom. The lowest BCUT2D eigenvalue weighted by Crippen LogP contribution is -2.19. The van der Waals surface area contributed by atoms with E-state index in [0.717, 1.165) is 0 Å². The number of oxime groups is 1. The van der Waals surface area contributed by atoms with Crippen LogP contribution in [0, 0.1) is 17.7 Å². The summed E-state index contributed by atoms with van der Waals surface area (Å²) in [7, 11) is 0. The van der Waals surface area contributed by atoms with Gasteiger partial charge in [0, 0.05) is 24.7 Å². The number of carboxylic acid groups (broad SMARTS) is 1. The molecule has 0 saturated heterocycles. The lowest BCUT2D eigenvalue weighted by molar-refractivity contribution is -0.137. The number of aliphatic carboxylic acids is 1. The lowest BCUT2D eigenvalue weighted by Gasteiger charge is -2.18. The molecule has 1 aromatic rings. The first-order valence-corrected chi connectivity index (χ1v) is 10.3. The molecule has 7 heteroatoms. The number of hydrogen-bond donors (Lipinski definition) is 4. The van der Waals surface area contributed by atoms with Crippen LogP contribution in [0.2, 0.25) is 0 Å². The molecule has 0 spiro atoms. The Hall–Kier alpha value is -2.51. The van der Waals surface area contributed by atoms with E-state index >= 15 is 0 Å². The molecule has 0 bridgehead atoms. The highest BCUT2D eigenvalue weighted by atomic mass is 19.1. The largest absolute Gasteiger partial charge is 0.481 e. The number of hydrogen-bond acceptors (Lipinski definition) is 5. The second-order valence-electron chi connectivity index (χ2n) is 7.63. The van der Waals surface area contributed by atoms with Crippen molar-refractivity contribution in [3.05, 3.63) is 60.0 Å². The summed E-state index contributed by atoms with van der Waals surface area (Å²) in [5.74, 6) is -1.62. The Morgan fingerprint density at radius 1 is 1.30 bits per heavy atom. The SMILES string of the molecule is O=C(O)CCC/C=C/CC1C(O)C/C(=N/O)C1/C=C/C(O)CCc1ccccc1F. The van der Waals surface area contributed by atoms with E-state index in [0.29, 0.717) is 43.4 Å². The van der Waals surface area contributed by atoms with E-state index < -0.39 is 18.2 Å². The number of aryl methyl sites for hydroxylation is 1. The number of aliphatic hydroxyl groups is 2. The predicted molar refractivity (Wildman–Crippen MR) is 112 cm³/mol. The summed E-state index contributed by atoms with van der Waals surface area (Å²) >= 11 is 0. The number of allylic oxidation sites excluding steroid dienone is 3. The average Bonchev–Trinajstić information content (AvgIpc) is 3.02. The molecule has 1 aliphatic carbocycles. The summed E-state index contributed by atoms with van der Waals surface area (Å²) in [5.41, 5.74) is 1.01. The van der Waals surface area contributed by atoms with Gasteiger partial charge < -0.3 is 20.5 Å². The number of carbonyl (C=O) groups is 1. The van der Waals surface area contributed by atoms with Crippen LogP contribution in [0.25, 0.3) is 0 Å². The van der Waals surface area contributed by atoms with E-state index in [2.05, 4.69) is 5.16 Å². The van der Waals surface area contributed by atoms with E-state index in [-0.39, 0.29) is 30.5 Å². The molecule has 2 rings (SSSR count). The molecule has 0 aliphatic heterocycles. The molecule has 1 saturated carbocycles. The normalized spacial score (nSPS) is 24.2. The zero-order valence-electron chi connectivity index (χ0n) is 16.9. The number of halogens is 1. The van der Waals surface area contributed by atoms with Gasteiger partial charge in [-0.3, -0.25) is 4.79 Å². The van der Waals surface area contributed by atoms with Gasteiger partial charge in [-0.15, -0.1) is 0 Å². The van der Waals surface area contributed by atoms with E-state index in [1.54, 1.807) is 30.4 Å². The highest BCUT2D eigenvalue weighted by molar-refractivity contribution is 5.90. The van der Waals surface area contributed by atoms with E-state index in [9.17, 15) is 24.6 Å². The van der Waals surface area contributed by atoms with Crippen LogP contribution in [0.1, 0.15) is 44.1 Å². The summed E-state index contributed by atoms with van der Waals surface area (Å²) in [6, 6.07) is 6.46. The topological polar surface area (TPSA) is 110 Å². The quantitative estimate of drug-likeness (QED) is 0.189. The molecule has 6 nitrogen and oxygen atoms in total. The fraction of sp³-hybridized carbons (Fsp3) is 0.478. The summed E-state index contributed by atoms with van der Waals surface area (Å²) in [5, 5.41) is 41.8. The van der Waals surface area contributed by atoms with Crippen LogP contribution in [0.4, 0.5) is 4.39 Å². The van der Waals surface area contributed by atoms with Gasteiger partial charge >= 0.3 is 5.97 Å². The molecule has 164 valence electrons. The van der Waals surface area contributed by atoms with Crippen molar-refractivity contribution in [2.45, 2.75) is 57.2 Å². The Balaban J connectivity index is 1.91. The zero-order chi connectivity index (χ0) is 21.9. The highest BCUT2D eigenvalue weighted by Gasteiger charge is 2.38. The number of carboxylic acids is 1. The summed E-state index contributed by atoms with van der Waals surface area (Å²) in [6.45, 7) is 0. The summed E-state index contributed by atoms with van der Waals surface area (Å²) < 4.78 is 13.7. The fourth-order valence-electron chi connectivity index (χ4n) is 3.74. The molecule has 4 atom stereocenters. The third-order valence-corrected chi connectivity index (χ3v) is 5.43. The molecular formula is C23H30FNO5. The van der Waals surface area contributed by atoms with Gasteiger partial charge in [0.2, 0.25) is 0 Å². The van der Waals surface area contributed by atoms with Gasteiger partial charge in [0.05, 0.1) is 17.9 Å². The minimum atomic E-state index is -0.822.